The van der Waals surface area contributed by atoms with Gasteiger partial charge in [-0.15, -0.1) is 0 Å². The third-order valence-corrected chi connectivity index (χ3v) is 2.70. The number of rotatable bonds is 2. The predicted octanol–water partition coefficient (Wildman–Crippen LogP) is 1.85. The summed E-state index contributed by atoms with van der Waals surface area (Å²) in [6.07, 6.45) is 2.09. The number of hydrogen-bond donors (Lipinski definition) is 1. The van der Waals surface area contributed by atoms with E-state index in [0.29, 0.717) is 11.3 Å². The Hall–Kier alpha value is -1.53. The molecule has 0 bridgehead atoms. The van der Waals surface area contributed by atoms with Gasteiger partial charge in [0.05, 0.1) is 11.7 Å². The summed E-state index contributed by atoms with van der Waals surface area (Å²) < 4.78 is 5.64. The Balaban J connectivity index is 2.14. The lowest BCUT2D eigenvalue weighted by molar-refractivity contribution is 0.0602. The zero-order valence-electron chi connectivity index (χ0n) is 8.39. The molecular weight excluding hydrogens is 190 g/mol. The number of hydrogen-bond acceptors (Lipinski definition) is 3. The molecule has 2 atom stereocenters. The molecule has 2 rings (SSSR count). The van der Waals surface area contributed by atoms with E-state index in [-0.39, 0.29) is 6.10 Å². The second-order valence-electron chi connectivity index (χ2n) is 3.76. The summed E-state index contributed by atoms with van der Waals surface area (Å²) in [5.41, 5.74) is 0.525. The molecular formula is C12H13NO2. The van der Waals surface area contributed by atoms with Crippen molar-refractivity contribution in [2.24, 2.45) is 0 Å². The van der Waals surface area contributed by atoms with Crippen LogP contribution in [0.25, 0.3) is 0 Å². The maximum Gasteiger partial charge on any atom is 0.137 e. The summed E-state index contributed by atoms with van der Waals surface area (Å²) in [4.78, 5) is 0. The Morgan fingerprint density at radius 3 is 2.80 bits per heavy atom. The molecule has 1 fully saturated rings. The molecule has 3 heteroatoms. The number of benzene rings is 1. The van der Waals surface area contributed by atoms with Crippen LogP contribution in [0.2, 0.25) is 0 Å². The van der Waals surface area contributed by atoms with Crippen LogP contribution in [-0.2, 0) is 0 Å². The van der Waals surface area contributed by atoms with Crippen LogP contribution in [0.5, 0.6) is 5.75 Å². The van der Waals surface area contributed by atoms with E-state index in [1.165, 1.54) is 0 Å². The first-order valence-electron chi connectivity index (χ1n) is 5.15. The van der Waals surface area contributed by atoms with Crippen LogP contribution >= 0.6 is 0 Å². The highest BCUT2D eigenvalue weighted by molar-refractivity contribution is 5.42. The van der Waals surface area contributed by atoms with E-state index in [1.807, 2.05) is 6.07 Å². The maximum absolute atomic E-state index is 9.61. The van der Waals surface area contributed by atoms with E-state index in [1.54, 1.807) is 18.2 Å². The Morgan fingerprint density at radius 1 is 1.33 bits per heavy atom. The molecule has 0 aromatic heterocycles. The molecule has 3 nitrogen and oxygen atoms in total. The first kappa shape index (κ1) is 10.0. The van der Waals surface area contributed by atoms with Crippen molar-refractivity contribution >= 4 is 0 Å². The zero-order chi connectivity index (χ0) is 10.7. The van der Waals surface area contributed by atoms with Crippen LogP contribution in [0.15, 0.2) is 24.3 Å². The standard InChI is InChI=1S/C12H13NO2/c13-8-9-4-1-2-6-11(9)15-12-7-3-5-10(12)14/h1-2,4,6,10,12,14H,3,5,7H2/t10-,12-/m0/s1. The van der Waals surface area contributed by atoms with E-state index in [0.717, 1.165) is 19.3 Å². The van der Waals surface area contributed by atoms with Gasteiger partial charge in [-0.25, -0.2) is 0 Å². The fourth-order valence-corrected chi connectivity index (χ4v) is 1.87. The maximum atomic E-state index is 9.61. The van der Waals surface area contributed by atoms with E-state index >= 15 is 0 Å². The van der Waals surface area contributed by atoms with Crippen molar-refractivity contribution in [2.75, 3.05) is 0 Å². The van der Waals surface area contributed by atoms with Crippen molar-refractivity contribution in [3.63, 3.8) is 0 Å². The van der Waals surface area contributed by atoms with Gasteiger partial charge in [-0.05, 0) is 31.4 Å². The molecule has 15 heavy (non-hydrogen) atoms. The van der Waals surface area contributed by atoms with Crippen LogP contribution in [0.4, 0.5) is 0 Å². The zero-order valence-corrected chi connectivity index (χ0v) is 8.39. The second kappa shape index (κ2) is 4.33. The lowest BCUT2D eigenvalue weighted by Crippen LogP contribution is -2.25. The third kappa shape index (κ3) is 2.11. The topological polar surface area (TPSA) is 53.2 Å². The monoisotopic (exact) mass is 203 g/mol. The predicted molar refractivity (Wildman–Crippen MR) is 55.4 cm³/mol. The highest BCUT2D eigenvalue weighted by Crippen LogP contribution is 2.26. The lowest BCUT2D eigenvalue weighted by Gasteiger charge is -2.17. The molecule has 1 aromatic rings. The molecule has 1 saturated carbocycles. The molecule has 0 amide bonds. The molecule has 0 spiro atoms. The average molecular weight is 203 g/mol. The SMILES string of the molecule is N#Cc1ccccc1O[C@H]1CCC[C@@H]1O. The molecule has 1 N–H and O–H groups in total. The molecule has 0 heterocycles. The van der Waals surface area contributed by atoms with Crippen molar-refractivity contribution in [1.29, 1.82) is 5.26 Å². The normalized spacial score (nSPS) is 24.8. The van der Waals surface area contributed by atoms with Gasteiger partial charge in [-0.2, -0.15) is 5.26 Å². The second-order valence-corrected chi connectivity index (χ2v) is 3.76. The number of para-hydroxylation sites is 1. The fourth-order valence-electron chi connectivity index (χ4n) is 1.87. The number of nitriles is 1. The minimum absolute atomic E-state index is 0.153. The molecule has 0 radical (unpaired) electrons. The molecule has 1 aromatic carbocycles. The summed E-state index contributed by atoms with van der Waals surface area (Å²) in [7, 11) is 0. The van der Waals surface area contributed by atoms with Crippen LogP contribution in [0.3, 0.4) is 0 Å². The molecule has 1 aliphatic carbocycles. The summed E-state index contributed by atoms with van der Waals surface area (Å²) in [6.45, 7) is 0. The van der Waals surface area contributed by atoms with Gasteiger partial charge in [0.15, 0.2) is 0 Å². The lowest BCUT2D eigenvalue weighted by atomic mass is 10.2. The van der Waals surface area contributed by atoms with Gasteiger partial charge in [0.25, 0.3) is 0 Å². The summed E-state index contributed by atoms with van der Waals surface area (Å²) >= 11 is 0. The fraction of sp³-hybridized carbons (Fsp3) is 0.417. The van der Waals surface area contributed by atoms with Crippen LogP contribution in [-0.4, -0.2) is 17.3 Å². The van der Waals surface area contributed by atoms with Crippen molar-refractivity contribution in [3.8, 4) is 11.8 Å². The van der Waals surface area contributed by atoms with Crippen LogP contribution in [0.1, 0.15) is 24.8 Å². The van der Waals surface area contributed by atoms with Crippen molar-refractivity contribution < 1.29 is 9.84 Å². The number of nitrogens with zero attached hydrogens (tertiary/aromatic N) is 1. The Bertz CT molecular complexity index is 383. The molecule has 0 aliphatic heterocycles. The highest BCUT2D eigenvalue weighted by Gasteiger charge is 2.27. The van der Waals surface area contributed by atoms with Crippen LogP contribution < -0.4 is 4.74 Å². The van der Waals surface area contributed by atoms with Gasteiger partial charge in [-0.1, -0.05) is 12.1 Å². The first-order chi connectivity index (χ1) is 7.31. The third-order valence-electron chi connectivity index (χ3n) is 2.70. The smallest absolute Gasteiger partial charge is 0.137 e. The quantitative estimate of drug-likeness (QED) is 0.798. The highest BCUT2D eigenvalue weighted by atomic mass is 16.5. The minimum Gasteiger partial charge on any atom is -0.486 e. The molecule has 78 valence electrons. The molecule has 0 unspecified atom stereocenters. The van der Waals surface area contributed by atoms with Crippen molar-refractivity contribution in [1.82, 2.24) is 0 Å². The Kier molecular flexibility index (Phi) is 2.89. The molecule has 0 saturated heterocycles. The summed E-state index contributed by atoms with van der Waals surface area (Å²) in [5, 5.41) is 18.5. The van der Waals surface area contributed by atoms with Crippen LogP contribution in [0, 0.1) is 11.3 Å². The van der Waals surface area contributed by atoms with Gasteiger partial charge >= 0.3 is 0 Å². The first-order valence-corrected chi connectivity index (χ1v) is 5.15. The largest absolute Gasteiger partial charge is 0.486 e. The van der Waals surface area contributed by atoms with E-state index in [2.05, 4.69) is 6.07 Å². The van der Waals surface area contributed by atoms with E-state index < -0.39 is 6.10 Å². The number of aliphatic hydroxyl groups excluding tert-OH is 1. The number of aliphatic hydroxyl groups is 1. The van der Waals surface area contributed by atoms with Gasteiger partial charge in [-0.3, -0.25) is 0 Å². The van der Waals surface area contributed by atoms with Gasteiger partial charge in [0.1, 0.15) is 17.9 Å². The van der Waals surface area contributed by atoms with Gasteiger partial charge < -0.3 is 9.84 Å². The van der Waals surface area contributed by atoms with Gasteiger partial charge in [0, 0.05) is 0 Å². The summed E-state index contributed by atoms with van der Waals surface area (Å²) in [6, 6.07) is 9.20. The number of ether oxygens (including phenoxy) is 1. The van der Waals surface area contributed by atoms with Gasteiger partial charge in [0.2, 0.25) is 0 Å². The van der Waals surface area contributed by atoms with E-state index in [9.17, 15) is 5.11 Å². The Morgan fingerprint density at radius 2 is 2.13 bits per heavy atom. The van der Waals surface area contributed by atoms with E-state index in [4.69, 9.17) is 10.00 Å². The Labute approximate surface area is 88.9 Å². The summed E-state index contributed by atoms with van der Waals surface area (Å²) in [5.74, 6) is 0.575. The van der Waals surface area contributed by atoms with Crippen molar-refractivity contribution in [3.05, 3.63) is 29.8 Å². The molecule has 1 aliphatic rings. The minimum atomic E-state index is -0.392. The average Bonchev–Trinajstić information content (AvgIpc) is 2.65. The van der Waals surface area contributed by atoms with Crippen molar-refractivity contribution in [2.45, 2.75) is 31.5 Å².